The lowest BCUT2D eigenvalue weighted by atomic mass is 9.91. The first kappa shape index (κ1) is 22.4. The Balaban J connectivity index is 1.38. The van der Waals surface area contributed by atoms with Crippen molar-refractivity contribution >= 4 is 17.4 Å². The van der Waals surface area contributed by atoms with Gasteiger partial charge in [-0.3, -0.25) is 9.20 Å². The molecule has 36 heavy (non-hydrogen) atoms. The molecular formula is C28H29N5O3. The number of rotatable bonds is 6. The normalized spacial score (nSPS) is 18.8. The zero-order valence-electron chi connectivity index (χ0n) is 19.9. The van der Waals surface area contributed by atoms with Gasteiger partial charge in [0, 0.05) is 30.4 Å². The lowest BCUT2D eigenvalue weighted by Gasteiger charge is -2.26. The molecule has 184 valence electrons. The highest BCUT2D eigenvalue weighted by Crippen LogP contribution is 2.38. The van der Waals surface area contributed by atoms with Crippen LogP contribution in [0.25, 0.3) is 16.9 Å². The summed E-state index contributed by atoms with van der Waals surface area (Å²) in [5, 5.41) is 6.76. The number of nitrogens with two attached hydrogens (primary N) is 1. The molecule has 1 fully saturated rings. The van der Waals surface area contributed by atoms with Gasteiger partial charge in [0.05, 0.1) is 5.56 Å². The van der Waals surface area contributed by atoms with E-state index < -0.39 is 0 Å². The van der Waals surface area contributed by atoms with Crippen LogP contribution in [0.4, 0.5) is 5.82 Å². The Kier molecular flexibility index (Phi) is 5.95. The topological polar surface area (TPSA) is 103 Å². The molecule has 0 bridgehead atoms. The molecule has 4 N–H and O–H groups in total. The smallest absolute Gasteiger partial charge is 0.255 e. The number of hydrogen-bond acceptors (Lipinski definition) is 6. The lowest BCUT2D eigenvalue weighted by Crippen LogP contribution is -2.40. The second-order valence-corrected chi connectivity index (χ2v) is 9.42. The first-order valence-corrected chi connectivity index (χ1v) is 12.4. The summed E-state index contributed by atoms with van der Waals surface area (Å²) in [4.78, 5) is 18.3. The molecule has 0 radical (unpaired) electrons. The van der Waals surface area contributed by atoms with Gasteiger partial charge in [-0.2, -0.15) is 0 Å². The fourth-order valence-corrected chi connectivity index (χ4v) is 4.97. The minimum atomic E-state index is -0.113. The summed E-state index contributed by atoms with van der Waals surface area (Å²) in [7, 11) is 0. The highest BCUT2D eigenvalue weighted by molar-refractivity contribution is 6.01. The van der Waals surface area contributed by atoms with Gasteiger partial charge in [-0.25, -0.2) is 4.98 Å². The minimum absolute atomic E-state index is 0.113. The number of carbonyl (C=O) groups excluding carboxylic acids is 1. The molecule has 8 nitrogen and oxygen atoms in total. The second kappa shape index (κ2) is 9.54. The zero-order valence-corrected chi connectivity index (χ0v) is 19.9. The quantitative estimate of drug-likeness (QED) is 0.377. The molecule has 6 rings (SSSR count). The molecule has 2 aromatic heterocycles. The Labute approximate surface area is 209 Å². The minimum Gasteiger partial charge on any atom is -0.454 e. The van der Waals surface area contributed by atoms with E-state index in [0.717, 1.165) is 48.3 Å². The van der Waals surface area contributed by atoms with Crippen molar-refractivity contribution in [1.29, 1.82) is 0 Å². The van der Waals surface area contributed by atoms with Crippen LogP contribution in [0.2, 0.25) is 0 Å². The second-order valence-electron chi connectivity index (χ2n) is 9.42. The molecule has 4 aromatic rings. The van der Waals surface area contributed by atoms with Crippen molar-refractivity contribution in [1.82, 2.24) is 14.7 Å². The van der Waals surface area contributed by atoms with Crippen molar-refractivity contribution in [2.45, 2.75) is 44.3 Å². The number of anilines is 1. The number of benzene rings is 2. The number of nitrogens with one attached hydrogen (secondary N) is 2. The summed E-state index contributed by atoms with van der Waals surface area (Å²) in [6.07, 6.45) is 5.59. The Bertz CT molecular complexity index is 1390. The van der Waals surface area contributed by atoms with Crippen molar-refractivity contribution in [2.24, 2.45) is 5.73 Å². The van der Waals surface area contributed by atoms with Crippen molar-refractivity contribution in [2.75, 3.05) is 12.1 Å². The lowest BCUT2D eigenvalue weighted by molar-refractivity contribution is 0.0927. The van der Waals surface area contributed by atoms with Crippen LogP contribution in [-0.2, 0) is 6.54 Å². The number of aromatic nitrogens is 2. The molecule has 0 saturated heterocycles. The number of nitrogens with zero attached hydrogens (tertiary/aromatic N) is 2. The molecule has 1 amide bonds. The van der Waals surface area contributed by atoms with Crippen LogP contribution in [0.15, 0.2) is 66.9 Å². The van der Waals surface area contributed by atoms with E-state index >= 15 is 0 Å². The van der Waals surface area contributed by atoms with E-state index in [9.17, 15) is 4.79 Å². The SMILES string of the molecule is NC1CCC(NC(=O)c2cccn3c(NCc4ccccc4)c(-c4ccc5c(c4)OCO5)nc23)CC1. The van der Waals surface area contributed by atoms with E-state index in [1.54, 1.807) is 0 Å². The number of ether oxygens (including phenoxy) is 2. The Morgan fingerprint density at radius 1 is 1.00 bits per heavy atom. The van der Waals surface area contributed by atoms with Gasteiger partial charge in [0.25, 0.3) is 5.91 Å². The van der Waals surface area contributed by atoms with Crippen LogP contribution in [-0.4, -0.2) is 34.2 Å². The third-order valence-corrected chi connectivity index (χ3v) is 6.95. The van der Waals surface area contributed by atoms with Gasteiger partial charge in [0.15, 0.2) is 17.1 Å². The maximum Gasteiger partial charge on any atom is 0.255 e. The van der Waals surface area contributed by atoms with Crippen LogP contribution < -0.4 is 25.8 Å². The fourth-order valence-electron chi connectivity index (χ4n) is 4.97. The summed E-state index contributed by atoms with van der Waals surface area (Å²) in [5.41, 5.74) is 9.96. The standard InChI is InChI=1S/C28H29N5O3/c29-20-9-11-21(12-10-20)31-28(34)22-7-4-14-33-26(22)32-25(19-8-13-23-24(15-19)36-17-35-23)27(33)30-16-18-5-2-1-3-6-18/h1-8,13-15,20-21,30H,9-12,16-17,29H2,(H,31,34). The first-order chi connectivity index (χ1) is 17.7. The molecule has 2 aliphatic rings. The number of hydrogen-bond donors (Lipinski definition) is 3. The average molecular weight is 484 g/mol. The van der Waals surface area contributed by atoms with E-state index in [1.165, 1.54) is 0 Å². The number of carbonyl (C=O) groups is 1. The van der Waals surface area contributed by atoms with Gasteiger partial charge in [-0.1, -0.05) is 30.3 Å². The van der Waals surface area contributed by atoms with Crippen LogP contribution >= 0.6 is 0 Å². The maximum absolute atomic E-state index is 13.3. The third kappa shape index (κ3) is 4.35. The van der Waals surface area contributed by atoms with Gasteiger partial charge in [0.2, 0.25) is 6.79 Å². The summed E-state index contributed by atoms with van der Waals surface area (Å²) in [5.74, 6) is 2.10. The van der Waals surface area contributed by atoms with Gasteiger partial charge >= 0.3 is 0 Å². The van der Waals surface area contributed by atoms with E-state index in [1.807, 2.05) is 59.1 Å². The molecule has 1 aliphatic heterocycles. The van der Waals surface area contributed by atoms with Crippen LogP contribution in [0.5, 0.6) is 11.5 Å². The van der Waals surface area contributed by atoms with Crippen LogP contribution in [0, 0.1) is 0 Å². The largest absolute Gasteiger partial charge is 0.454 e. The number of imidazole rings is 1. The Morgan fingerprint density at radius 3 is 2.64 bits per heavy atom. The predicted molar refractivity (Wildman–Crippen MR) is 138 cm³/mol. The van der Waals surface area contributed by atoms with E-state index in [2.05, 4.69) is 22.8 Å². The molecule has 0 unspecified atom stereocenters. The molecule has 1 saturated carbocycles. The van der Waals surface area contributed by atoms with Crippen molar-refractivity contribution in [3.8, 4) is 22.8 Å². The van der Waals surface area contributed by atoms with E-state index in [0.29, 0.717) is 29.3 Å². The average Bonchev–Trinajstić information content (AvgIpc) is 3.53. The zero-order chi connectivity index (χ0) is 24.5. The Hall–Kier alpha value is -4.04. The van der Waals surface area contributed by atoms with Gasteiger partial charge in [-0.05, 0) is 61.6 Å². The summed E-state index contributed by atoms with van der Waals surface area (Å²) < 4.78 is 13.0. The fraction of sp³-hybridized carbons (Fsp3) is 0.286. The van der Waals surface area contributed by atoms with E-state index in [-0.39, 0.29) is 24.8 Å². The molecule has 0 atom stereocenters. The maximum atomic E-state index is 13.3. The number of fused-ring (bicyclic) bond motifs is 2. The third-order valence-electron chi connectivity index (χ3n) is 6.95. The summed E-state index contributed by atoms with van der Waals surface area (Å²) in [6.45, 7) is 0.824. The monoisotopic (exact) mass is 483 g/mol. The Morgan fingerprint density at radius 2 is 1.81 bits per heavy atom. The van der Waals surface area contributed by atoms with E-state index in [4.69, 9.17) is 20.2 Å². The van der Waals surface area contributed by atoms with Crippen LogP contribution in [0.3, 0.4) is 0 Å². The molecule has 2 aromatic carbocycles. The highest BCUT2D eigenvalue weighted by Gasteiger charge is 2.24. The summed E-state index contributed by atoms with van der Waals surface area (Å²) >= 11 is 0. The van der Waals surface area contributed by atoms with Crippen LogP contribution in [0.1, 0.15) is 41.6 Å². The highest BCUT2D eigenvalue weighted by atomic mass is 16.7. The van der Waals surface area contributed by atoms with Gasteiger partial charge in [-0.15, -0.1) is 0 Å². The van der Waals surface area contributed by atoms with Gasteiger partial charge in [0.1, 0.15) is 11.5 Å². The van der Waals surface area contributed by atoms with Crippen molar-refractivity contribution < 1.29 is 14.3 Å². The molecule has 1 aliphatic carbocycles. The predicted octanol–water partition coefficient (Wildman–Crippen LogP) is 4.34. The number of pyridine rings is 1. The molecule has 3 heterocycles. The first-order valence-electron chi connectivity index (χ1n) is 12.4. The van der Waals surface area contributed by atoms with Gasteiger partial charge < -0.3 is 25.8 Å². The number of amides is 1. The summed E-state index contributed by atoms with van der Waals surface area (Å²) in [6, 6.07) is 20.1. The molecular weight excluding hydrogens is 454 g/mol. The molecule has 8 heteroatoms. The van der Waals surface area contributed by atoms with Crippen molar-refractivity contribution in [3.05, 3.63) is 78.0 Å². The molecule has 0 spiro atoms. The van der Waals surface area contributed by atoms with Crippen molar-refractivity contribution in [3.63, 3.8) is 0 Å².